The van der Waals surface area contributed by atoms with Crippen LogP contribution in [0.5, 0.6) is 0 Å². The Morgan fingerprint density at radius 1 is 1.10 bits per heavy atom. The first-order valence-electron chi connectivity index (χ1n) is 7.61. The van der Waals surface area contributed by atoms with Crippen LogP contribution in [0.15, 0.2) is 30.3 Å². The van der Waals surface area contributed by atoms with E-state index in [-0.39, 0.29) is 0 Å². The average molecular weight is 284 g/mol. The summed E-state index contributed by atoms with van der Waals surface area (Å²) in [6.07, 6.45) is 4.02. The lowest BCUT2D eigenvalue weighted by Crippen LogP contribution is -2.11. The molecule has 1 aromatic carbocycles. The molecule has 112 valence electrons. The zero-order valence-electron chi connectivity index (χ0n) is 12.9. The average Bonchev–Trinajstić information content (AvgIpc) is 2.49. The number of nitrogens with zero attached hydrogens (tertiary/aromatic N) is 2. The third-order valence-electron chi connectivity index (χ3n) is 3.48. The summed E-state index contributed by atoms with van der Waals surface area (Å²) in [6.45, 7) is 4.97. The predicted molar refractivity (Wildman–Crippen MR) is 88.4 cm³/mol. The maximum Gasteiger partial charge on any atom is 0.134 e. The highest BCUT2D eigenvalue weighted by Crippen LogP contribution is 2.18. The van der Waals surface area contributed by atoms with E-state index < -0.39 is 0 Å². The molecule has 0 saturated heterocycles. The fourth-order valence-corrected chi connectivity index (χ4v) is 2.23. The number of hydrogen-bond donors (Lipinski definition) is 2. The van der Waals surface area contributed by atoms with Crippen LogP contribution in [0.4, 0.5) is 11.6 Å². The molecule has 21 heavy (non-hydrogen) atoms. The molecular weight excluding hydrogens is 260 g/mol. The van der Waals surface area contributed by atoms with E-state index in [1.165, 1.54) is 5.56 Å². The van der Waals surface area contributed by atoms with Gasteiger partial charge in [-0.05, 0) is 31.7 Å². The molecule has 0 aliphatic heterocycles. The van der Waals surface area contributed by atoms with Crippen molar-refractivity contribution in [1.29, 1.82) is 0 Å². The van der Waals surface area contributed by atoms with E-state index in [1.807, 2.05) is 13.0 Å². The van der Waals surface area contributed by atoms with Crippen molar-refractivity contribution in [2.75, 3.05) is 17.6 Å². The molecule has 0 aliphatic carbocycles. The van der Waals surface area contributed by atoms with Gasteiger partial charge in [-0.25, -0.2) is 9.97 Å². The molecule has 0 radical (unpaired) electrons. The molecule has 4 heteroatoms. The van der Waals surface area contributed by atoms with Crippen molar-refractivity contribution in [1.82, 2.24) is 9.97 Å². The third-order valence-corrected chi connectivity index (χ3v) is 3.48. The largest absolute Gasteiger partial charge is 0.383 e. The zero-order chi connectivity index (χ0) is 15.1. The Labute approximate surface area is 126 Å². The monoisotopic (exact) mass is 284 g/mol. The van der Waals surface area contributed by atoms with E-state index in [9.17, 15) is 0 Å². The lowest BCUT2D eigenvalue weighted by molar-refractivity contribution is 0.822. The maximum atomic E-state index is 5.96. The van der Waals surface area contributed by atoms with Gasteiger partial charge in [0.2, 0.25) is 0 Å². The molecule has 0 saturated carbocycles. The van der Waals surface area contributed by atoms with Gasteiger partial charge in [-0.15, -0.1) is 0 Å². The highest BCUT2D eigenvalue weighted by Gasteiger charge is 2.07. The molecule has 0 fully saturated rings. The number of anilines is 2. The molecule has 4 nitrogen and oxygen atoms in total. The highest BCUT2D eigenvalue weighted by atomic mass is 15.1. The van der Waals surface area contributed by atoms with Crippen LogP contribution in [0, 0.1) is 6.92 Å². The van der Waals surface area contributed by atoms with Crippen molar-refractivity contribution in [3.8, 4) is 0 Å². The van der Waals surface area contributed by atoms with Crippen molar-refractivity contribution in [2.24, 2.45) is 0 Å². The summed E-state index contributed by atoms with van der Waals surface area (Å²) < 4.78 is 0. The van der Waals surface area contributed by atoms with Gasteiger partial charge < -0.3 is 11.1 Å². The molecular formula is C17H24N4. The van der Waals surface area contributed by atoms with E-state index in [0.29, 0.717) is 5.82 Å². The van der Waals surface area contributed by atoms with Crippen molar-refractivity contribution >= 4 is 11.6 Å². The van der Waals surface area contributed by atoms with Crippen molar-refractivity contribution in [3.05, 3.63) is 47.3 Å². The molecule has 2 aromatic rings. The topological polar surface area (TPSA) is 63.8 Å². The number of nitrogens with one attached hydrogen (secondary N) is 1. The Hall–Kier alpha value is -2.10. The van der Waals surface area contributed by atoms with Crippen LogP contribution in [0.2, 0.25) is 0 Å². The predicted octanol–water partition coefficient (Wildman–Crippen LogP) is 3.36. The summed E-state index contributed by atoms with van der Waals surface area (Å²) >= 11 is 0. The molecule has 0 unspecified atom stereocenters. The SMILES string of the molecule is CCCc1nc(N)c(C)c(NCCCc2ccccc2)n1. The molecule has 3 N–H and O–H groups in total. The minimum Gasteiger partial charge on any atom is -0.383 e. The van der Waals surface area contributed by atoms with Crippen LogP contribution in [0.25, 0.3) is 0 Å². The van der Waals surface area contributed by atoms with Crippen LogP contribution < -0.4 is 11.1 Å². The first kappa shape index (κ1) is 15.3. The normalized spacial score (nSPS) is 10.6. The van der Waals surface area contributed by atoms with E-state index in [4.69, 9.17) is 5.73 Å². The molecule has 0 aliphatic rings. The van der Waals surface area contributed by atoms with E-state index in [0.717, 1.165) is 49.4 Å². The third kappa shape index (κ3) is 4.45. The lowest BCUT2D eigenvalue weighted by Gasteiger charge is -2.11. The maximum absolute atomic E-state index is 5.96. The summed E-state index contributed by atoms with van der Waals surface area (Å²) in [5.74, 6) is 2.28. The van der Waals surface area contributed by atoms with Gasteiger partial charge in [0.05, 0.1) is 0 Å². The van der Waals surface area contributed by atoms with Gasteiger partial charge >= 0.3 is 0 Å². The van der Waals surface area contributed by atoms with Crippen LogP contribution in [0.3, 0.4) is 0 Å². The molecule has 0 atom stereocenters. The number of benzene rings is 1. The molecule has 0 bridgehead atoms. The van der Waals surface area contributed by atoms with Gasteiger partial charge in [0, 0.05) is 18.5 Å². The van der Waals surface area contributed by atoms with E-state index in [1.54, 1.807) is 0 Å². The number of nitrogens with two attached hydrogens (primary N) is 1. The smallest absolute Gasteiger partial charge is 0.134 e. The zero-order valence-corrected chi connectivity index (χ0v) is 12.9. The molecule has 2 rings (SSSR count). The van der Waals surface area contributed by atoms with Gasteiger partial charge in [0.25, 0.3) is 0 Å². The number of nitrogen functional groups attached to an aromatic ring is 1. The fraction of sp³-hybridized carbons (Fsp3) is 0.412. The van der Waals surface area contributed by atoms with Crippen LogP contribution in [0.1, 0.15) is 36.7 Å². The van der Waals surface area contributed by atoms with E-state index in [2.05, 4.69) is 46.5 Å². The number of hydrogen-bond acceptors (Lipinski definition) is 4. The summed E-state index contributed by atoms with van der Waals surface area (Å²) in [6, 6.07) is 10.5. The summed E-state index contributed by atoms with van der Waals surface area (Å²) in [5.41, 5.74) is 8.26. The van der Waals surface area contributed by atoms with Gasteiger partial charge in [0.15, 0.2) is 0 Å². The Morgan fingerprint density at radius 3 is 2.57 bits per heavy atom. The van der Waals surface area contributed by atoms with Crippen LogP contribution >= 0.6 is 0 Å². The van der Waals surface area contributed by atoms with Crippen molar-refractivity contribution in [2.45, 2.75) is 39.5 Å². The lowest BCUT2D eigenvalue weighted by atomic mass is 10.1. The van der Waals surface area contributed by atoms with Gasteiger partial charge in [0.1, 0.15) is 17.5 Å². The van der Waals surface area contributed by atoms with Crippen LogP contribution in [-0.4, -0.2) is 16.5 Å². The Morgan fingerprint density at radius 2 is 1.86 bits per heavy atom. The molecule has 0 amide bonds. The Bertz CT molecular complexity index is 567. The minimum atomic E-state index is 0.582. The molecule has 1 aromatic heterocycles. The summed E-state index contributed by atoms with van der Waals surface area (Å²) in [7, 11) is 0. The number of aryl methyl sites for hydroxylation is 2. The highest BCUT2D eigenvalue weighted by molar-refractivity contribution is 5.54. The number of rotatable bonds is 7. The van der Waals surface area contributed by atoms with E-state index >= 15 is 0 Å². The van der Waals surface area contributed by atoms with Crippen LogP contribution in [-0.2, 0) is 12.8 Å². The second-order valence-electron chi connectivity index (χ2n) is 5.26. The quantitative estimate of drug-likeness (QED) is 0.765. The second kappa shape index (κ2) is 7.62. The number of aromatic nitrogens is 2. The first-order chi connectivity index (χ1) is 10.2. The van der Waals surface area contributed by atoms with Gasteiger partial charge in [-0.1, -0.05) is 37.3 Å². The Balaban J connectivity index is 1.90. The Kier molecular flexibility index (Phi) is 5.55. The fourth-order valence-electron chi connectivity index (χ4n) is 2.23. The van der Waals surface area contributed by atoms with Crippen molar-refractivity contribution < 1.29 is 0 Å². The summed E-state index contributed by atoms with van der Waals surface area (Å²) in [5, 5.41) is 3.39. The molecule has 1 heterocycles. The van der Waals surface area contributed by atoms with Crippen molar-refractivity contribution in [3.63, 3.8) is 0 Å². The van der Waals surface area contributed by atoms with Gasteiger partial charge in [-0.2, -0.15) is 0 Å². The minimum absolute atomic E-state index is 0.582. The van der Waals surface area contributed by atoms with Gasteiger partial charge in [-0.3, -0.25) is 0 Å². The second-order valence-corrected chi connectivity index (χ2v) is 5.26. The summed E-state index contributed by atoms with van der Waals surface area (Å²) in [4.78, 5) is 8.89. The first-order valence-corrected chi connectivity index (χ1v) is 7.61. The standard InChI is InChI=1S/C17H24N4/c1-3-8-15-20-16(18)13(2)17(21-15)19-12-7-11-14-9-5-4-6-10-14/h4-6,9-10H,3,7-8,11-12H2,1-2H3,(H3,18,19,20,21). The molecule has 0 spiro atoms.